The van der Waals surface area contributed by atoms with Gasteiger partial charge >= 0.3 is 0 Å². The van der Waals surface area contributed by atoms with E-state index in [2.05, 4.69) is 25.2 Å². The van der Waals surface area contributed by atoms with Crippen LogP contribution in [0.3, 0.4) is 0 Å². The first-order valence-electron chi connectivity index (χ1n) is 7.54. The number of benzene rings is 1. The molecular weight excluding hydrogens is 264 g/mol. The molecule has 1 aromatic carbocycles. The molecule has 0 aliphatic carbocycles. The molecule has 1 aliphatic heterocycles. The Morgan fingerprint density at radius 3 is 2.86 bits per heavy atom. The Labute approximate surface area is 125 Å². The zero-order valence-electron chi connectivity index (χ0n) is 12.8. The predicted octanol–water partition coefficient (Wildman–Crippen LogP) is 3.01. The van der Waals surface area contributed by atoms with Gasteiger partial charge in [-0.2, -0.15) is 0 Å². The SMILES string of the molecule is Cc1c(C(C)NC2CCC(=O)N(C)C2)oc2ccccc12. The second-order valence-corrected chi connectivity index (χ2v) is 5.99. The zero-order chi connectivity index (χ0) is 15.0. The molecule has 0 radical (unpaired) electrons. The first-order chi connectivity index (χ1) is 10.1. The highest BCUT2D eigenvalue weighted by molar-refractivity contribution is 5.82. The molecule has 0 saturated carbocycles. The van der Waals surface area contributed by atoms with E-state index in [9.17, 15) is 4.79 Å². The molecule has 4 heteroatoms. The van der Waals surface area contributed by atoms with Crippen molar-refractivity contribution >= 4 is 16.9 Å². The Kier molecular flexibility index (Phi) is 3.72. The van der Waals surface area contributed by atoms with Crippen molar-refractivity contribution in [3.8, 4) is 0 Å². The minimum Gasteiger partial charge on any atom is -0.459 e. The Bertz CT molecular complexity index is 662. The molecule has 21 heavy (non-hydrogen) atoms. The molecule has 1 N–H and O–H groups in total. The van der Waals surface area contributed by atoms with Gasteiger partial charge in [-0.15, -0.1) is 0 Å². The molecule has 1 amide bonds. The van der Waals surface area contributed by atoms with Crippen LogP contribution < -0.4 is 5.32 Å². The summed E-state index contributed by atoms with van der Waals surface area (Å²) in [5, 5.41) is 4.78. The summed E-state index contributed by atoms with van der Waals surface area (Å²) in [6.07, 6.45) is 1.52. The van der Waals surface area contributed by atoms with E-state index >= 15 is 0 Å². The van der Waals surface area contributed by atoms with Gasteiger partial charge in [0.25, 0.3) is 0 Å². The first-order valence-corrected chi connectivity index (χ1v) is 7.54. The molecule has 112 valence electrons. The molecule has 4 nitrogen and oxygen atoms in total. The number of para-hydroxylation sites is 1. The minimum atomic E-state index is 0.143. The number of hydrogen-bond acceptors (Lipinski definition) is 3. The Morgan fingerprint density at radius 1 is 1.38 bits per heavy atom. The van der Waals surface area contributed by atoms with Gasteiger partial charge in [0.1, 0.15) is 11.3 Å². The number of likely N-dealkylation sites (N-methyl/N-ethyl adjacent to an activating group) is 1. The quantitative estimate of drug-likeness (QED) is 0.943. The van der Waals surface area contributed by atoms with Crippen LogP contribution in [0.4, 0.5) is 0 Å². The lowest BCUT2D eigenvalue weighted by Crippen LogP contribution is -2.47. The highest BCUT2D eigenvalue weighted by atomic mass is 16.3. The van der Waals surface area contributed by atoms with Crippen molar-refractivity contribution in [2.75, 3.05) is 13.6 Å². The molecule has 2 unspecified atom stereocenters. The predicted molar refractivity (Wildman–Crippen MR) is 83.2 cm³/mol. The molecule has 1 fully saturated rings. The summed E-state index contributed by atoms with van der Waals surface area (Å²) in [7, 11) is 1.87. The fourth-order valence-corrected chi connectivity index (χ4v) is 3.18. The smallest absolute Gasteiger partial charge is 0.222 e. The number of aryl methyl sites for hydroxylation is 1. The van der Waals surface area contributed by atoms with E-state index in [1.165, 1.54) is 10.9 Å². The number of likely N-dealkylation sites (tertiary alicyclic amines) is 1. The number of amides is 1. The van der Waals surface area contributed by atoms with Crippen LogP contribution in [0.25, 0.3) is 11.0 Å². The van der Waals surface area contributed by atoms with Crippen molar-refractivity contribution in [3.05, 3.63) is 35.6 Å². The molecule has 0 spiro atoms. The normalized spacial score (nSPS) is 21.0. The molecule has 1 aromatic heterocycles. The van der Waals surface area contributed by atoms with Gasteiger partial charge in [-0.25, -0.2) is 0 Å². The zero-order valence-corrected chi connectivity index (χ0v) is 12.8. The number of fused-ring (bicyclic) bond motifs is 1. The molecule has 2 aromatic rings. The Morgan fingerprint density at radius 2 is 2.14 bits per heavy atom. The van der Waals surface area contributed by atoms with Crippen LogP contribution in [0.1, 0.15) is 37.1 Å². The first kappa shape index (κ1) is 14.1. The van der Waals surface area contributed by atoms with Crippen LogP contribution in [-0.2, 0) is 4.79 Å². The van der Waals surface area contributed by atoms with Gasteiger partial charge in [-0.3, -0.25) is 4.79 Å². The van der Waals surface area contributed by atoms with Crippen molar-refractivity contribution in [2.24, 2.45) is 0 Å². The molecule has 2 atom stereocenters. The third-order valence-corrected chi connectivity index (χ3v) is 4.39. The lowest BCUT2D eigenvalue weighted by Gasteiger charge is -2.32. The number of furan rings is 1. The van der Waals surface area contributed by atoms with Gasteiger partial charge in [0, 0.05) is 31.4 Å². The van der Waals surface area contributed by atoms with E-state index in [1.807, 2.05) is 25.2 Å². The third-order valence-electron chi connectivity index (χ3n) is 4.39. The van der Waals surface area contributed by atoms with E-state index in [4.69, 9.17) is 4.42 Å². The van der Waals surface area contributed by atoms with Crippen molar-refractivity contribution < 1.29 is 9.21 Å². The summed E-state index contributed by atoms with van der Waals surface area (Å²) in [5.74, 6) is 1.23. The van der Waals surface area contributed by atoms with Gasteiger partial charge in [-0.1, -0.05) is 18.2 Å². The second kappa shape index (κ2) is 5.53. The fraction of sp³-hybridized carbons (Fsp3) is 0.471. The van der Waals surface area contributed by atoms with Crippen molar-refractivity contribution in [3.63, 3.8) is 0 Å². The Balaban J connectivity index is 1.76. The fourth-order valence-electron chi connectivity index (χ4n) is 3.18. The van der Waals surface area contributed by atoms with Gasteiger partial charge < -0.3 is 14.6 Å². The van der Waals surface area contributed by atoms with Gasteiger partial charge in [0.05, 0.1) is 6.04 Å². The van der Waals surface area contributed by atoms with Crippen molar-refractivity contribution in [2.45, 2.75) is 38.8 Å². The number of carbonyl (C=O) groups excluding carboxylic acids is 1. The van der Waals surface area contributed by atoms with Crippen LogP contribution >= 0.6 is 0 Å². The molecule has 1 saturated heterocycles. The highest BCUT2D eigenvalue weighted by Gasteiger charge is 2.25. The standard InChI is InChI=1S/C17H22N2O2/c1-11-14-6-4-5-7-15(14)21-17(11)12(2)18-13-8-9-16(20)19(3)10-13/h4-7,12-13,18H,8-10H2,1-3H3. The summed E-state index contributed by atoms with van der Waals surface area (Å²) in [5.41, 5.74) is 2.14. The van der Waals surface area contributed by atoms with Crippen LogP contribution in [0.5, 0.6) is 0 Å². The van der Waals surface area contributed by atoms with E-state index in [1.54, 1.807) is 4.90 Å². The largest absolute Gasteiger partial charge is 0.459 e. The molecule has 2 heterocycles. The summed E-state index contributed by atoms with van der Waals surface area (Å²) < 4.78 is 6.01. The summed E-state index contributed by atoms with van der Waals surface area (Å²) in [6, 6.07) is 8.60. The van der Waals surface area contributed by atoms with E-state index in [0.29, 0.717) is 12.5 Å². The van der Waals surface area contributed by atoms with Crippen molar-refractivity contribution in [1.82, 2.24) is 10.2 Å². The maximum Gasteiger partial charge on any atom is 0.222 e. The summed E-state index contributed by atoms with van der Waals surface area (Å²) in [6.45, 7) is 5.00. The van der Waals surface area contributed by atoms with Crippen LogP contribution in [-0.4, -0.2) is 30.4 Å². The lowest BCUT2D eigenvalue weighted by atomic mass is 10.0. The summed E-state index contributed by atoms with van der Waals surface area (Å²) in [4.78, 5) is 13.4. The molecule has 1 aliphatic rings. The van der Waals surface area contributed by atoms with E-state index in [-0.39, 0.29) is 11.9 Å². The van der Waals surface area contributed by atoms with Crippen LogP contribution in [0, 0.1) is 6.92 Å². The number of hydrogen-bond donors (Lipinski definition) is 1. The number of nitrogens with one attached hydrogen (secondary N) is 1. The average molecular weight is 286 g/mol. The van der Waals surface area contributed by atoms with E-state index in [0.717, 1.165) is 24.3 Å². The van der Waals surface area contributed by atoms with Crippen LogP contribution in [0.15, 0.2) is 28.7 Å². The Hall–Kier alpha value is -1.81. The highest BCUT2D eigenvalue weighted by Crippen LogP contribution is 2.29. The number of nitrogens with zero attached hydrogens (tertiary/aromatic N) is 1. The number of piperidine rings is 1. The second-order valence-electron chi connectivity index (χ2n) is 5.99. The average Bonchev–Trinajstić information content (AvgIpc) is 2.81. The monoisotopic (exact) mass is 286 g/mol. The van der Waals surface area contributed by atoms with Crippen LogP contribution in [0.2, 0.25) is 0 Å². The maximum absolute atomic E-state index is 11.5. The van der Waals surface area contributed by atoms with Gasteiger partial charge in [0.2, 0.25) is 5.91 Å². The van der Waals surface area contributed by atoms with E-state index < -0.39 is 0 Å². The van der Waals surface area contributed by atoms with Crippen molar-refractivity contribution in [1.29, 1.82) is 0 Å². The molecule has 0 bridgehead atoms. The summed E-state index contributed by atoms with van der Waals surface area (Å²) >= 11 is 0. The van der Waals surface area contributed by atoms with Gasteiger partial charge in [-0.05, 0) is 31.9 Å². The minimum absolute atomic E-state index is 0.143. The lowest BCUT2D eigenvalue weighted by molar-refractivity contribution is -0.132. The molecule has 3 rings (SSSR count). The number of carbonyl (C=O) groups is 1. The third kappa shape index (κ3) is 2.68. The maximum atomic E-state index is 11.5. The van der Waals surface area contributed by atoms with Gasteiger partial charge in [0.15, 0.2) is 0 Å². The number of rotatable bonds is 3. The molecular formula is C17H22N2O2. The topological polar surface area (TPSA) is 45.5 Å².